The third-order valence-corrected chi connectivity index (χ3v) is 2.87. The smallest absolute Gasteiger partial charge is 0.410 e. The fourth-order valence-electron chi connectivity index (χ4n) is 1.73. The Bertz CT molecular complexity index is 595. The maximum absolute atomic E-state index is 8.70. The van der Waals surface area contributed by atoms with Crippen molar-refractivity contribution in [3.05, 3.63) is 70.8 Å². The summed E-state index contributed by atoms with van der Waals surface area (Å²) in [5.74, 6) is 0. The fraction of sp³-hybridized carbons (Fsp3) is 0.125. The summed E-state index contributed by atoms with van der Waals surface area (Å²) in [7, 11) is 0.194. The summed E-state index contributed by atoms with van der Waals surface area (Å²) < 4.78 is 10.8. The van der Waals surface area contributed by atoms with Crippen LogP contribution in [0.5, 0.6) is 0 Å². The van der Waals surface area contributed by atoms with Crippen molar-refractivity contribution in [3.63, 3.8) is 0 Å². The van der Waals surface area contributed by atoms with E-state index in [0.29, 0.717) is 24.3 Å². The van der Waals surface area contributed by atoms with Crippen LogP contribution in [-0.2, 0) is 22.5 Å². The standard InChI is InChI=1S/C16H13BN2O2/c18-9-13-1-5-15(6-2-13)11-20-17-21-12-16-7-3-14(10-19)4-8-16/h1-8,17H,11-12H2. The lowest BCUT2D eigenvalue weighted by atomic mass is 10.1. The van der Waals surface area contributed by atoms with Crippen LogP contribution < -0.4 is 0 Å². The Morgan fingerprint density at radius 3 is 1.43 bits per heavy atom. The van der Waals surface area contributed by atoms with E-state index in [1.54, 1.807) is 24.3 Å². The molecule has 2 rings (SSSR count). The molecule has 0 radical (unpaired) electrons. The normalized spacial score (nSPS) is 9.62. The van der Waals surface area contributed by atoms with E-state index in [9.17, 15) is 0 Å². The van der Waals surface area contributed by atoms with Gasteiger partial charge in [-0.15, -0.1) is 0 Å². The zero-order valence-corrected chi connectivity index (χ0v) is 11.5. The molecule has 0 unspecified atom stereocenters. The van der Waals surface area contributed by atoms with Gasteiger partial charge in [0.05, 0.1) is 36.5 Å². The first kappa shape index (κ1) is 14.8. The Balaban J connectivity index is 1.67. The molecule has 0 aliphatic rings. The number of nitrogens with zero attached hydrogens (tertiary/aromatic N) is 2. The molecule has 0 aliphatic carbocycles. The van der Waals surface area contributed by atoms with E-state index in [2.05, 4.69) is 12.1 Å². The van der Waals surface area contributed by atoms with Crippen molar-refractivity contribution in [3.8, 4) is 12.1 Å². The van der Waals surface area contributed by atoms with Crippen LogP contribution in [0.15, 0.2) is 48.5 Å². The molecule has 0 bridgehead atoms. The summed E-state index contributed by atoms with van der Waals surface area (Å²) in [6.07, 6.45) is 0. The Hall–Kier alpha value is -2.60. The van der Waals surface area contributed by atoms with Gasteiger partial charge >= 0.3 is 7.69 Å². The first-order chi connectivity index (χ1) is 10.3. The average molecular weight is 276 g/mol. The van der Waals surface area contributed by atoms with Crippen LogP contribution in [0.3, 0.4) is 0 Å². The van der Waals surface area contributed by atoms with Crippen molar-refractivity contribution < 1.29 is 9.31 Å². The van der Waals surface area contributed by atoms with Crippen LogP contribution in [0, 0.1) is 22.7 Å². The van der Waals surface area contributed by atoms with Crippen molar-refractivity contribution in [1.82, 2.24) is 0 Å². The minimum absolute atomic E-state index is 0.194. The van der Waals surface area contributed by atoms with Crippen molar-refractivity contribution in [2.24, 2.45) is 0 Å². The average Bonchev–Trinajstić information content (AvgIpc) is 2.55. The molecule has 2 aromatic carbocycles. The van der Waals surface area contributed by atoms with E-state index in [1.165, 1.54) is 0 Å². The van der Waals surface area contributed by atoms with Crippen LogP contribution in [-0.4, -0.2) is 7.69 Å². The molecule has 0 saturated heterocycles. The molecule has 0 aromatic heterocycles. The molecule has 0 aliphatic heterocycles. The van der Waals surface area contributed by atoms with Crippen molar-refractivity contribution >= 4 is 7.69 Å². The molecule has 0 heterocycles. The second kappa shape index (κ2) is 7.86. The Labute approximate surface area is 124 Å². The number of rotatable bonds is 6. The van der Waals surface area contributed by atoms with Gasteiger partial charge in [0.2, 0.25) is 0 Å². The summed E-state index contributed by atoms with van der Waals surface area (Å²) in [5.41, 5.74) is 3.26. The molecule has 0 atom stereocenters. The van der Waals surface area contributed by atoms with E-state index in [-0.39, 0.29) is 7.69 Å². The first-order valence-electron chi connectivity index (χ1n) is 6.45. The highest BCUT2D eigenvalue weighted by molar-refractivity contribution is 6.17. The van der Waals surface area contributed by atoms with Crippen LogP contribution in [0.25, 0.3) is 0 Å². The largest absolute Gasteiger partial charge is 0.438 e. The van der Waals surface area contributed by atoms with Gasteiger partial charge in [-0.3, -0.25) is 0 Å². The maximum Gasteiger partial charge on any atom is 0.438 e. The minimum atomic E-state index is 0.194. The van der Waals surface area contributed by atoms with Gasteiger partial charge in [0.25, 0.3) is 0 Å². The zero-order valence-electron chi connectivity index (χ0n) is 11.5. The summed E-state index contributed by atoms with van der Waals surface area (Å²) >= 11 is 0. The molecule has 0 saturated carbocycles. The van der Waals surface area contributed by atoms with Gasteiger partial charge in [-0.05, 0) is 35.4 Å². The number of hydrogen-bond acceptors (Lipinski definition) is 4. The summed E-state index contributed by atoms with van der Waals surface area (Å²) in [4.78, 5) is 0. The summed E-state index contributed by atoms with van der Waals surface area (Å²) in [6.45, 7) is 0.887. The Morgan fingerprint density at radius 1 is 0.714 bits per heavy atom. The van der Waals surface area contributed by atoms with Crippen molar-refractivity contribution in [2.45, 2.75) is 13.2 Å². The highest BCUT2D eigenvalue weighted by Crippen LogP contribution is 2.06. The topological polar surface area (TPSA) is 66.0 Å². The summed E-state index contributed by atoms with van der Waals surface area (Å²) in [6, 6.07) is 18.6. The molecule has 2 aromatic rings. The van der Waals surface area contributed by atoms with Crippen LogP contribution >= 0.6 is 0 Å². The van der Waals surface area contributed by atoms with E-state index in [4.69, 9.17) is 19.8 Å². The lowest BCUT2D eigenvalue weighted by Crippen LogP contribution is -2.05. The van der Waals surface area contributed by atoms with Gasteiger partial charge in [0.15, 0.2) is 0 Å². The van der Waals surface area contributed by atoms with Gasteiger partial charge in [-0.25, -0.2) is 0 Å². The maximum atomic E-state index is 8.70. The monoisotopic (exact) mass is 276 g/mol. The van der Waals surface area contributed by atoms with Crippen LogP contribution in [0.4, 0.5) is 0 Å². The fourth-order valence-corrected chi connectivity index (χ4v) is 1.73. The van der Waals surface area contributed by atoms with Crippen LogP contribution in [0.1, 0.15) is 22.3 Å². The van der Waals surface area contributed by atoms with Gasteiger partial charge < -0.3 is 9.31 Å². The van der Waals surface area contributed by atoms with E-state index in [0.717, 1.165) is 11.1 Å². The van der Waals surface area contributed by atoms with Gasteiger partial charge in [0.1, 0.15) is 0 Å². The van der Waals surface area contributed by atoms with Gasteiger partial charge in [-0.1, -0.05) is 24.3 Å². The highest BCUT2D eigenvalue weighted by atomic mass is 16.6. The number of hydrogen-bond donors (Lipinski definition) is 0. The molecular formula is C16H13BN2O2. The summed E-state index contributed by atoms with van der Waals surface area (Å²) in [5, 5.41) is 17.4. The van der Waals surface area contributed by atoms with E-state index in [1.807, 2.05) is 24.3 Å². The second-order valence-electron chi connectivity index (χ2n) is 4.43. The van der Waals surface area contributed by atoms with E-state index < -0.39 is 0 Å². The van der Waals surface area contributed by atoms with E-state index >= 15 is 0 Å². The molecular weight excluding hydrogens is 263 g/mol. The molecule has 4 nitrogen and oxygen atoms in total. The van der Waals surface area contributed by atoms with Crippen molar-refractivity contribution in [2.75, 3.05) is 0 Å². The highest BCUT2D eigenvalue weighted by Gasteiger charge is 1.98. The SMILES string of the molecule is N#Cc1ccc(COBOCc2ccc(C#N)cc2)cc1. The molecule has 0 amide bonds. The third kappa shape index (κ3) is 4.78. The Kier molecular flexibility index (Phi) is 5.54. The number of benzene rings is 2. The lowest BCUT2D eigenvalue weighted by molar-refractivity contribution is 0.207. The zero-order chi connectivity index (χ0) is 14.9. The molecule has 0 N–H and O–H groups in total. The molecule has 0 fully saturated rings. The van der Waals surface area contributed by atoms with Gasteiger partial charge in [-0.2, -0.15) is 10.5 Å². The van der Waals surface area contributed by atoms with Crippen molar-refractivity contribution in [1.29, 1.82) is 10.5 Å². The molecule has 102 valence electrons. The molecule has 5 heteroatoms. The second-order valence-corrected chi connectivity index (χ2v) is 4.43. The molecule has 21 heavy (non-hydrogen) atoms. The first-order valence-corrected chi connectivity index (χ1v) is 6.45. The Morgan fingerprint density at radius 2 is 1.10 bits per heavy atom. The predicted octanol–water partition coefficient (Wildman–Crippen LogP) is 2.43. The lowest BCUT2D eigenvalue weighted by Gasteiger charge is -2.05. The quantitative estimate of drug-likeness (QED) is 0.600. The minimum Gasteiger partial charge on any atom is -0.410 e. The van der Waals surface area contributed by atoms with Gasteiger partial charge in [0, 0.05) is 0 Å². The predicted molar refractivity (Wildman–Crippen MR) is 79.0 cm³/mol. The molecule has 0 spiro atoms. The number of nitriles is 2. The third-order valence-electron chi connectivity index (χ3n) is 2.87. The van der Waals surface area contributed by atoms with Crippen LogP contribution in [0.2, 0.25) is 0 Å².